The van der Waals surface area contributed by atoms with Crippen molar-refractivity contribution in [2.45, 2.75) is 13.1 Å². The first-order valence-electron chi connectivity index (χ1n) is 8.63. The molecule has 3 N–H and O–H groups in total. The molecule has 5 heteroatoms. The van der Waals surface area contributed by atoms with Gasteiger partial charge in [0.2, 0.25) is 0 Å². The summed E-state index contributed by atoms with van der Waals surface area (Å²) in [4.78, 5) is 0. The lowest BCUT2D eigenvalue weighted by Gasteiger charge is -2.25. The molecule has 0 amide bonds. The highest BCUT2D eigenvalue weighted by Crippen LogP contribution is 2.32. The van der Waals surface area contributed by atoms with Crippen LogP contribution in [0.5, 0.6) is 23.0 Å². The third-order valence-electron chi connectivity index (χ3n) is 4.32. The third kappa shape index (κ3) is 4.32. The number of aromatic hydroxyl groups is 3. The zero-order chi connectivity index (χ0) is 19.4. The van der Waals surface area contributed by atoms with E-state index in [1.165, 1.54) is 12.1 Å². The summed E-state index contributed by atoms with van der Waals surface area (Å²) in [5.41, 5.74) is 1.07. The van der Waals surface area contributed by atoms with Crippen LogP contribution in [-0.4, -0.2) is 23.6 Å². The fourth-order valence-corrected chi connectivity index (χ4v) is 4.65. The lowest BCUT2D eigenvalue weighted by molar-refractivity contribution is 0.448. The normalized spacial score (nSPS) is 11.6. The number of hydrogen-bond acceptors (Lipinski definition) is 4. The van der Waals surface area contributed by atoms with Crippen LogP contribution >= 0.6 is 0 Å². The molecule has 0 heterocycles. The Morgan fingerprint density at radius 2 is 1.44 bits per heavy atom. The third-order valence-corrected chi connectivity index (χ3v) is 6.77. The molecule has 27 heavy (non-hydrogen) atoms. The van der Waals surface area contributed by atoms with Crippen molar-refractivity contribution in [1.82, 2.24) is 0 Å². The molecule has 0 radical (unpaired) electrons. The molecule has 0 saturated heterocycles. The Balaban J connectivity index is 1.95. The van der Waals surface area contributed by atoms with Crippen molar-refractivity contribution < 1.29 is 19.7 Å². The summed E-state index contributed by atoms with van der Waals surface area (Å²) in [6.07, 6.45) is 3.38. The smallest absolute Gasteiger partial charge is 0.276 e. The minimum absolute atomic E-state index is 0.00788. The van der Waals surface area contributed by atoms with Crippen molar-refractivity contribution in [3.63, 3.8) is 0 Å². The Bertz CT molecular complexity index is 945. The Labute approximate surface area is 159 Å². The first-order chi connectivity index (χ1) is 12.9. The molecule has 3 aromatic carbocycles. The first kappa shape index (κ1) is 18.6. The van der Waals surface area contributed by atoms with Crippen molar-refractivity contribution in [3.8, 4) is 23.0 Å². The zero-order valence-electron chi connectivity index (χ0n) is 15.3. The monoisotopic (exact) mass is 378 g/mol. The van der Waals surface area contributed by atoms with Crippen LogP contribution in [0.3, 0.4) is 0 Å². The molecule has 0 atom stereocenters. The van der Waals surface area contributed by atoms with E-state index in [1.807, 2.05) is 30.3 Å². The molecule has 0 spiro atoms. The SMILES string of the molecule is C[Si](C)(Oc1cc(O)ccc1C=Cc1c(O)cccc1O)c1ccccc1. The molecule has 0 bridgehead atoms. The Hall–Kier alpha value is -3.18. The van der Waals surface area contributed by atoms with E-state index in [2.05, 4.69) is 13.1 Å². The molecule has 0 fully saturated rings. The van der Waals surface area contributed by atoms with Crippen molar-refractivity contribution in [3.05, 3.63) is 77.9 Å². The topological polar surface area (TPSA) is 69.9 Å². The van der Waals surface area contributed by atoms with Crippen LogP contribution in [0.1, 0.15) is 11.1 Å². The summed E-state index contributed by atoms with van der Waals surface area (Å²) in [6, 6.07) is 19.5. The summed E-state index contributed by atoms with van der Waals surface area (Å²) < 4.78 is 6.35. The van der Waals surface area contributed by atoms with Gasteiger partial charge in [0.25, 0.3) is 8.32 Å². The highest BCUT2D eigenvalue weighted by Gasteiger charge is 2.28. The van der Waals surface area contributed by atoms with Gasteiger partial charge in [-0.25, -0.2) is 0 Å². The first-order valence-corrected chi connectivity index (χ1v) is 11.5. The van der Waals surface area contributed by atoms with E-state index in [1.54, 1.807) is 36.4 Å². The van der Waals surface area contributed by atoms with Gasteiger partial charge < -0.3 is 19.7 Å². The van der Waals surface area contributed by atoms with Crippen LogP contribution in [0, 0.1) is 0 Å². The van der Waals surface area contributed by atoms with E-state index in [9.17, 15) is 15.3 Å². The van der Waals surface area contributed by atoms with E-state index in [0.717, 1.165) is 10.8 Å². The van der Waals surface area contributed by atoms with Crippen LogP contribution in [-0.2, 0) is 0 Å². The Morgan fingerprint density at radius 3 is 2.11 bits per heavy atom. The van der Waals surface area contributed by atoms with Gasteiger partial charge in [0.15, 0.2) is 0 Å². The fourth-order valence-electron chi connectivity index (χ4n) is 2.81. The summed E-state index contributed by atoms with van der Waals surface area (Å²) >= 11 is 0. The van der Waals surface area contributed by atoms with Crippen LogP contribution in [0.4, 0.5) is 0 Å². The molecule has 0 aliphatic rings. The van der Waals surface area contributed by atoms with Crippen molar-refractivity contribution in [1.29, 1.82) is 0 Å². The van der Waals surface area contributed by atoms with Crippen molar-refractivity contribution in [2.75, 3.05) is 0 Å². The molecular weight excluding hydrogens is 356 g/mol. The van der Waals surface area contributed by atoms with Gasteiger partial charge in [0.05, 0.1) is 5.56 Å². The molecule has 0 saturated carbocycles. The second-order valence-electron chi connectivity index (χ2n) is 6.74. The highest BCUT2D eigenvalue weighted by molar-refractivity contribution is 6.85. The second-order valence-corrected chi connectivity index (χ2v) is 10.5. The summed E-state index contributed by atoms with van der Waals surface area (Å²) in [5, 5.41) is 30.9. The molecule has 0 aliphatic heterocycles. The summed E-state index contributed by atoms with van der Waals surface area (Å²) in [5.74, 6) is 0.657. The minimum Gasteiger partial charge on any atom is -0.539 e. The average molecular weight is 379 g/mol. The number of hydrogen-bond donors (Lipinski definition) is 3. The molecule has 0 unspecified atom stereocenters. The van der Waals surface area contributed by atoms with E-state index in [4.69, 9.17) is 4.43 Å². The average Bonchev–Trinajstić information content (AvgIpc) is 2.63. The molecule has 3 rings (SSSR count). The zero-order valence-corrected chi connectivity index (χ0v) is 16.3. The standard InChI is InChI=1S/C22H22O4Si/c1-27(2,18-7-4-3-5-8-18)26-22-15-17(23)13-11-16(22)12-14-19-20(24)9-6-10-21(19)25/h3-15,23-25H,1-2H3. The van der Waals surface area contributed by atoms with E-state index in [0.29, 0.717) is 11.3 Å². The van der Waals surface area contributed by atoms with Gasteiger partial charge in [0.1, 0.15) is 23.0 Å². The maximum atomic E-state index is 9.94. The highest BCUT2D eigenvalue weighted by atomic mass is 28.4. The van der Waals surface area contributed by atoms with Gasteiger partial charge in [-0.2, -0.15) is 0 Å². The van der Waals surface area contributed by atoms with Gasteiger partial charge >= 0.3 is 0 Å². The molecular formula is C22H22O4Si. The number of rotatable bonds is 5. The predicted octanol–water partition coefficient (Wildman–Crippen LogP) is 4.46. The van der Waals surface area contributed by atoms with Gasteiger partial charge in [0, 0.05) is 11.6 Å². The second kappa shape index (κ2) is 7.59. The summed E-state index contributed by atoms with van der Waals surface area (Å²) in [7, 11) is -2.25. The lowest BCUT2D eigenvalue weighted by atomic mass is 10.1. The van der Waals surface area contributed by atoms with Gasteiger partial charge in [-0.1, -0.05) is 42.5 Å². The maximum absolute atomic E-state index is 9.94. The van der Waals surface area contributed by atoms with Crippen molar-refractivity contribution in [2.24, 2.45) is 0 Å². The maximum Gasteiger partial charge on any atom is 0.276 e. The predicted molar refractivity (Wildman–Crippen MR) is 111 cm³/mol. The van der Waals surface area contributed by atoms with Crippen LogP contribution in [0.15, 0.2) is 66.7 Å². The van der Waals surface area contributed by atoms with Crippen LogP contribution < -0.4 is 9.61 Å². The van der Waals surface area contributed by atoms with Gasteiger partial charge in [-0.15, -0.1) is 0 Å². The number of phenols is 3. The van der Waals surface area contributed by atoms with Gasteiger partial charge in [-0.3, -0.25) is 0 Å². The lowest BCUT2D eigenvalue weighted by Crippen LogP contribution is -2.47. The molecule has 4 nitrogen and oxygen atoms in total. The fraction of sp³-hybridized carbons (Fsp3) is 0.0909. The number of benzene rings is 3. The van der Waals surface area contributed by atoms with E-state index >= 15 is 0 Å². The van der Waals surface area contributed by atoms with E-state index < -0.39 is 8.32 Å². The molecule has 138 valence electrons. The molecule has 3 aromatic rings. The van der Waals surface area contributed by atoms with Gasteiger partial charge in [-0.05, 0) is 48.6 Å². The van der Waals surface area contributed by atoms with Crippen LogP contribution in [0.25, 0.3) is 12.2 Å². The summed E-state index contributed by atoms with van der Waals surface area (Å²) in [6.45, 7) is 4.18. The number of phenolic OH excluding ortho intramolecular Hbond substituents is 3. The quantitative estimate of drug-likeness (QED) is 0.453. The largest absolute Gasteiger partial charge is 0.539 e. The van der Waals surface area contributed by atoms with E-state index in [-0.39, 0.29) is 17.2 Å². The van der Waals surface area contributed by atoms with Crippen molar-refractivity contribution >= 4 is 25.7 Å². The molecule has 0 aromatic heterocycles. The minimum atomic E-state index is -2.25. The molecule has 0 aliphatic carbocycles. The Kier molecular flexibility index (Phi) is 5.23. The Morgan fingerprint density at radius 1 is 0.778 bits per heavy atom. The van der Waals surface area contributed by atoms with Crippen LogP contribution in [0.2, 0.25) is 13.1 Å².